The largest absolute Gasteiger partial charge is 0.323 e. The summed E-state index contributed by atoms with van der Waals surface area (Å²) in [5, 5.41) is 0. The van der Waals surface area contributed by atoms with Gasteiger partial charge in [-0.15, -0.1) is 0 Å². The van der Waals surface area contributed by atoms with Crippen LogP contribution in [-0.2, 0) is 0 Å². The molecule has 6 nitrogen and oxygen atoms in total. The monoisotopic (exact) mass is 344 g/mol. The lowest BCUT2D eigenvalue weighted by molar-refractivity contribution is 0.107. The van der Waals surface area contributed by atoms with Gasteiger partial charge in [0, 0.05) is 75.4 Å². The second-order valence-electron chi connectivity index (χ2n) is 5.74. The fourth-order valence-electron chi connectivity index (χ4n) is 3.00. The van der Waals surface area contributed by atoms with Crippen molar-refractivity contribution in [3.8, 4) is 0 Å². The minimum absolute atomic E-state index is 0.154. The SMILES string of the molecule is O=C(N1CCSCC1)N1CCN(C(=O)N2CCSCC2)CC1. The molecule has 0 N–H and O–H groups in total. The smallest absolute Gasteiger partial charge is 0.320 e. The molecule has 0 bridgehead atoms. The number of nitrogens with zero attached hydrogens (tertiary/aromatic N) is 4. The van der Waals surface area contributed by atoms with Crippen molar-refractivity contribution >= 4 is 35.6 Å². The van der Waals surface area contributed by atoms with Gasteiger partial charge in [0.05, 0.1) is 0 Å². The molecule has 3 aliphatic heterocycles. The zero-order valence-corrected chi connectivity index (χ0v) is 14.5. The van der Waals surface area contributed by atoms with Crippen LogP contribution in [0.3, 0.4) is 0 Å². The quantitative estimate of drug-likeness (QED) is 0.656. The lowest BCUT2D eigenvalue weighted by atomic mass is 10.3. The first-order valence-electron chi connectivity index (χ1n) is 7.99. The lowest BCUT2D eigenvalue weighted by Crippen LogP contribution is -2.57. The highest BCUT2D eigenvalue weighted by Gasteiger charge is 2.30. The second kappa shape index (κ2) is 7.68. The fraction of sp³-hybridized carbons (Fsp3) is 0.857. The maximum Gasteiger partial charge on any atom is 0.320 e. The van der Waals surface area contributed by atoms with Gasteiger partial charge in [0.1, 0.15) is 0 Å². The van der Waals surface area contributed by atoms with Gasteiger partial charge >= 0.3 is 12.1 Å². The van der Waals surface area contributed by atoms with E-state index in [0.717, 1.165) is 49.2 Å². The first-order valence-corrected chi connectivity index (χ1v) is 10.3. The summed E-state index contributed by atoms with van der Waals surface area (Å²) in [4.78, 5) is 32.6. The molecule has 0 radical (unpaired) electrons. The molecule has 3 heterocycles. The van der Waals surface area contributed by atoms with Crippen molar-refractivity contribution < 1.29 is 9.59 Å². The van der Waals surface area contributed by atoms with Crippen molar-refractivity contribution in [3.63, 3.8) is 0 Å². The van der Waals surface area contributed by atoms with Crippen LogP contribution in [0.1, 0.15) is 0 Å². The summed E-state index contributed by atoms with van der Waals surface area (Å²) in [7, 11) is 0. The maximum atomic E-state index is 12.5. The molecule has 0 spiro atoms. The standard InChI is InChI=1S/C14H24N4O2S2/c19-13(17-5-9-21-10-6-17)15-1-2-16(4-3-15)14(20)18-7-11-22-12-8-18/h1-12H2. The van der Waals surface area contributed by atoms with Crippen molar-refractivity contribution in [3.05, 3.63) is 0 Å². The zero-order chi connectivity index (χ0) is 15.4. The molecule has 4 amide bonds. The number of hydrogen-bond acceptors (Lipinski definition) is 4. The summed E-state index contributed by atoms with van der Waals surface area (Å²) in [6, 6.07) is 0.309. The summed E-state index contributed by atoms with van der Waals surface area (Å²) in [6.07, 6.45) is 0. The molecule has 3 saturated heterocycles. The van der Waals surface area contributed by atoms with E-state index >= 15 is 0 Å². The molecule has 3 rings (SSSR count). The van der Waals surface area contributed by atoms with Crippen LogP contribution in [0.5, 0.6) is 0 Å². The number of urea groups is 2. The third-order valence-electron chi connectivity index (χ3n) is 4.38. The summed E-state index contributed by atoms with van der Waals surface area (Å²) >= 11 is 3.82. The number of hydrogen-bond donors (Lipinski definition) is 0. The van der Waals surface area contributed by atoms with E-state index < -0.39 is 0 Å². The molecule has 0 aromatic carbocycles. The molecular formula is C14H24N4O2S2. The van der Waals surface area contributed by atoms with Gasteiger partial charge in [-0.2, -0.15) is 23.5 Å². The van der Waals surface area contributed by atoms with Gasteiger partial charge in [-0.25, -0.2) is 9.59 Å². The molecule has 0 aromatic heterocycles. The highest BCUT2D eigenvalue weighted by Crippen LogP contribution is 2.15. The average molecular weight is 345 g/mol. The summed E-state index contributed by atoms with van der Waals surface area (Å²) < 4.78 is 0. The van der Waals surface area contributed by atoms with Crippen LogP contribution in [0.15, 0.2) is 0 Å². The molecule has 3 fully saturated rings. The number of rotatable bonds is 0. The number of piperazine rings is 1. The fourth-order valence-corrected chi connectivity index (χ4v) is 4.80. The summed E-state index contributed by atoms with van der Waals surface area (Å²) in [6.45, 7) is 6.07. The van der Waals surface area contributed by atoms with Gasteiger partial charge in [-0.1, -0.05) is 0 Å². The zero-order valence-electron chi connectivity index (χ0n) is 12.9. The Morgan fingerprint density at radius 1 is 0.500 bits per heavy atom. The molecule has 0 aromatic rings. The number of thioether (sulfide) groups is 2. The Labute approximate surface area is 140 Å². The van der Waals surface area contributed by atoms with Crippen LogP contribution >= 0.6 is 23.5 Å². The Balaban J connectivity index is 1.47. The molecule has 3 aliphatic rings. The number of amides is 4. The normalized spacial score (nSPS) is 23.6. The maximum absolute atomic E-state index is 12.5. The Bertz CT molecular complexity index is 366. The lowest BCUT2D eigenvalue weighted by Gasteiger charge is -2.40. The van der Waals surface area contributed by atoms with E-state index in [1.54, 1.807) is 0 Å². The molecular weight excluding hydrogens is 320 g/mol. The van der Waals surface area contributed by atoms with E-state index in [4.69, 9.17) is 0 Å². The third-order valence-corrected chi connectivity index (χ3v) is 6.27. The van der Waals surface area contributed by atoms with Crippen LogP contribution in [0, 0.1) is 0 Å². The predicted molar refractivity (Wildman–Crippen MR) is 91.7 cm³/mol. The van der Waals surface area contributed by atoms with Crippen molar-refractivity contribution in [2.24, 2.45) is 0 Å². The second-order valence-corrected chi connectivity index (χ2v) is 8.19. The van der Waals surface area contributed by atoms with Crippen molar-refractivity contribution in [2.75, 3.05) is 75.4 Å². The highest BCUT2D eigenvalue weighted by molar-refractivity contribution is 7.99. The summed E-state index contributed by atoms with van der Waals surface area (Å²) in [5.41, 5.74) is 0. The Morgan fingerprint density at radius 3 is 1.09 bits per heavy atom. The van der Waals surface area contributed by atoms with E-state index in [2.05, 4.69) is 0 Å². The van der Waals surface area contributed by atoms with E-state index in [1.807, 2.05) is 43.1 Å². The van der Waals surface area contributed by atoms with Crippen LogP contribution in [0.25, 0.3) is 0 Å². The van der Waals surface area contributed by atoms with Gasteiger partial charge in [-0.05, 0) is 0 Å². The van der Waals surface area contributed by atoms with Crippen molar-refractivity contribution in [1.82, 2.24) is 19.6 Å². The van der Waals surface area contributed by atoms with Gasteiger partial charge in [0.25, 0.3) is 0 Å². The van der Waals surface area contributed by atoms with E-state index in [1.165, 1.54) is 0 Å². The summed E-state index contributed by atoms with van der Waals surface area (Å²) in [5.74, 6) is 4.16. The predicted octanol–water partition coefficient (Wildman–Crippen LogP) is 0.942. The molecule has 22 heavy (non-hydrogen) atoms. The van der Waals surface area contributed by atoms with E-state index in [0.29, 0.717) is 26.2 Å². The van der Waals surface area contributed by atoms with Crippen LogP contribution in [0.4, 0.5) is 9.59 Å². The Hall–Kier alpha value is -0.760. The minimum Gasteiger partial charge on any atom is -0.323 e. The Kier molecular flexibility index (Phi) is 5.62. The number of carbonyl (C=O) groups is 2. The third kappa shape index (κ3) is 3.76. The van der Waals surface area contributed by atoms with Gasteiger partial charge in [0.15, 0.2) is 0 Å². The molecule has 0 aliphatic carbocycles. The molecule has 0 unspecified atom stereocenters. The van der Waals surface area contributed by atoms with E-state index in [9.17, 15) is 9.59 Å². The van der Waals surface area contributed by atoms with Crippen LogP contribution in [0.2, 0.25) is 0 Å². The van der Waals surface area contributed by atoms with Crippen molar-refractivity contribution in [2.45, 2.75) is 0 Å². The molecule has 8 heteroatoms. The molecule has 0 atom stereocenters. The molecule has 0 saturated carbocycles. The first-order chi connectivity index (χ1) is 10.8. The Morgan fingerprint density at radius 2 is 0.773 bits per heavy atom. The minimum atomic E-state index is 0.154. The van der Waals surface area contributed by atoms with Crippen LogP contribution in [-0.4, -0.2) is 107 Å². The first kappa shape index (κ1) is 16.1. The highest BCUT2D eigenvalue weighted by atomic mass is 32.2. The van der Waals surface area contributed by atoms with Gasteiger partial charge < -0.3 is 19.6 Å². The van der Waals surface area contributed by atoms with Gasteiger partial charge in [-0.3, -0.25) is 0 Å². The average Bonchev–Trinajstić information content (AvgIpc) is 2.62. The van der Waals surface area contributed by atoms with Crippen LogP contribution < -0.4 is 0 Å². The van der Waals surface area contributed by atoms with E-state index in [-0.39, 0.29) is 12.1 Å². The molecule has 124 valence electrons. The van der Waals surface area contributed by atoms with Crippen molar-refractivity contribution in [1.29, 1.82) is 0 Å². The number of carbonyl (C=O) groups excluding carboxylic acids is 2. The topological polar surface area (TPSA) is 47.1 Å². The van der Waals surface area contributed by atoms with Gasteiger partial charge in [0.2, 0.25) is 0 Å².